The summed E-state index contributed by atoms with van der Waals surface area (Å²) in [4.78, 5) is 4.01. The van der Waals surface area contributed by atoms with Crippen LogP contribution in [-0.2, 0) is 0 Å². The molecule has 0 saturated carbocycles. The van der Waals surface area contributed by atoms with E-state index in [9.17, 15) is 4.39 Å². The monoisotopic (exact) mass is 227 g/mol. The Bertz CT molecular complexity index is 570. The summed E-state index contributed by atoms with van der Waals surface area (Å²) in [5.74, 6) is 0.183. The predicted molar refractivity (Wildman–Crippen MR) is 63.4 cm³/mol. The second-order valence-corrected chi connectivity index (χ2v) is 3.65. The van der Waals surface area contributed by atoms with E-state index in [1.165, 1.54) is 12.3 Å². The number of hydrogen-bond donors (Lipinski definition) is 1. The maximum atomic E-state index is 13.5. The maximum Gasteiger partial charge on any atom is 0.146 e. The summed E-state index contributed by atoms with van der Waals surface area (Å²) >= 11 is 0. The van der Waals surface area contributed by atoms with Crippen molar-refractivity contribution in [1.82, 2.24) is 4.98 Å². The second kappa shape index (κ2) is 4.62. The van der Waals surface area contributed by atoms with Gasteiger partial charge in [-0.3, -0.25) is 0 Å². The zero-order valence-corrected chi connectivity index (χ0v) is 9.24. The van der Waals surface area contributed by atoms with E-state index in [4.69, 9.17) is 5.26 Å². The fraction of sp³-hybridized carbons (Fsp3) is 0.0769. The molecule has 1 heterocycles. The van der Waals surface area contributed by atoms with Crippen LogP contribution in [0.5, 0.6) is 0 Å². The van der Waals surface area contributed by atoms with Gasteiger partial charge in [-0.15, -0.1) is 0 Å². The molecule has 0 bridgehead atoms. The standard InChI is InChI=1S/C13H10FN3/c1-9-2-4-12(11(14)6-9)17-13-5-3-10(7-15)8-16-13/h2-6,8H,1H3,(H,16,17). The van der Waals surface area contributed by atoms with Crippen molar-refractivity contribution < 1.29 is 4.39 Å². The number of anilines is 2. The SMILES string of the molecule is Cc1ccc(Nc2ccc(C#N)cn2)c(F)c1. The Morgan fingerprint density at radius 3 is 2.71 bits per heavy atom. The van der Waals surface area contributed by atoms with Crippen molar-refractivity contribution >= 4 is 11.5 Å². The first-order valence-electron chi connectivity index (χ1n) is 5.08. The van der Waals surface area contributed by atoms with E-state index in [2.05, 4.69) is 10.3 Å². The summed E-state index contributed by atoms with van der Waals surface area (Å²) in [5, 5.41) is 11.5. The highest BCUT2D eigenvalue weighted by Crippen LogP contribution is 2.19. The molecule has 1 aromatic carbocycles. The van der Waals surface area contributed by atoms with Crippen molar-refractivity contribution in [3.05, 3.63) is 53.5 Å². The summed E-state index contributed by atoms with van der Waals surface area (Å²) in [6, 6.07) is 10.2. The number of nitriles is 1. The number of hydrogen-bond acceptors (Lipinski definition) is 3. The van der Waals surface area contributed by atoms with Crippen LogP contribution in [0.4, 0.5) is 15.9 Å². The van der Waals surface area contributed by atoms with Gasteiger partial charge in [0.25, 0.3) is 0 Å². The van der Waals surface area contributed by atoms with E-state index < -0.39 is 0 Å². The first-order chi connectivity index (χ1) is 8.19. The number of nitrogens with zero attached hydrogens (tertiary/aromatic N) is 2. The van der Waals surface area contributed by atoms with Crippen LogP contribution in [0.2, 0.25) is 0 Å². The van der Waals surface area contributed by atoms with Gasteiger partial charge in [-0.25, -0.2) is 9.37 Å². The summed E-state index contributed by atoms with van der Waals surface area (Å²) in [5.41, 5.74) is 1.70. The number of rotatable bonds is 2. The Labute approximate surface area is 98.5 Å². The summed E-state index contributed by atoms with van der Waals surface area (Å²) in [6.07, 6.45) is 1.44. The van der Waals surface area contributed by atoms with Crippen molar-refractivity contribution in [2.75, 3.05) is 5.32 Å². The molecule has 0 amide bonds. The average molecular weight is 227 g/mol. The highest BCUT2D eigenvalue weighted by Gasteiger charge is 2.03. The topological polar surface area (TPSA) is 48.7 Å². The fourth-order valence-electron chi connectivity index (χ4n) is 1.39. The third-order valence-corrected chi connectivity index (χ3v) is 2.28. The van der Waals surface area contributed by atoms with Crippen LogP contribution >= 0.6 is 0 Å². The minimum atomic E-state index is -0.323. The molecule has 0 spiro atoms. The molecule has 0 aliphatic rings. The lowest BCUT2D eigenvalue weighted by Crippen LogP contribution is -1.96. The molecule has 3 nitrogen and oxygen atoms in total. The lowest BCUT2D eigenvalue weighted by atomic mass is 10.2. The molecule has 0 saturated heterocycles. The van der Waals surface area contributed by atoms with Crippen molar-refractivity contribution in [1.29, 1.82) is 5.26 Å². The number of pyridine rings is 1. The molecule has 1 N–H and O–H groups in total. The first kappa shape index (κ1) is 11.1. The minimum Gasteiger partial charge on any atom is -0.338 e. The van der Waals surface area contributed by atoms with Gasteiger partial charge in [-0.2, -0.15) is 5.26 Å². The van der Waals surface area contributed by atoms with Crippen LogP contribution in [0.15, 0.2) is 36.5 Å². The lowest BCUT2D eigenvalue weighted by Gasteiger charge is -2.07. The largest absolute Gasteiger partial charge is 0.338 e. The van der Waals surface area contributed by atoms with Crippen LogP contribution in [-0.4, -0.2) is 4.98 Å². The van der Waals surface area contributed by atoms with Gasteiger partial charge in [-0.05, 0) is 36.8 Å². The zero-order chi connectivity index (χ0) is 12.3. The number of halogens is 1. The van der Waals surface area contributed by atoms with Gasteiger partial charge in [0.15, 0.2) is 0 Å². The highest BCUT2D eigenvalue weighted by molar-refractivity contribution is 5.57. The molecule has 2 rings (SSSR count). The molecule has 2 aromatic rings. The Kier molecular flexibility index (Phi) is 3.01. The highest BCUT2D eigenvalue weighted by atomic mass is 19.1. The third kappa shape index (κ3) is 2.58. The minimum absolute atomic E-state index is 0.323. The van der Waals surface area contributed by atoms with E-state index in [0.717, 1.165) is 5.56 Å². The molecule has 17 heavy (non-hydrogen) atoms. The van der Waals surface area contributed by atoms with E-state index in [1.54, 1.807) is 18.2 Å². The molecule has 4 heteroatoms. The van der Waals surface area contributed by atoms with Crippen molar-refractivity contribution in [3.63, 3.8) is 0 Å². The molecule has 0 radical (unpaired) electrons. The van der Waals surface area contributed by atoms with Crippen molar-refractivity contribution in [2.45, 2.75) is 6.92 Å². The molecular weight excluding hydrogens is 217 g/mol. The van der Waals surface area contributed by atoms with E-state index in [1.807, 2.05) is 19.1 Å². The van der Waals surface area contributed by atoms with Crippen LogP contribution < -0.4 is 5.32 Å². The quantitative estimate of drug-likeness (QED) is 0.857. The Balaban J connectivity index is 2.23. The molecular formula is C13H10FN3. The molecule has 0 unspecified atom stereocenters. The molecule has 0 atom stereocenters. The van der Waals surface area contributed by atoms with Gasteiger partial charge in [0.05, 0.1) is 11.3 Å². The first-order valence-corrected chi connectivity index (χ1v) is 5.08. The van der Waals surface area contributed by atoms with Crippen molar-refractivity contribution in [3.8, 4) is 6.07 Å². The number of benzene rings is 1. The fourth-order valence-corrected chi connectivity index (χ4v) is 1.39. The summed E-state index contributed by atoms with van der Waals surface area (Å²) < 4.78 is 13.5. The van der Waals surface area contributed by atoms with Crippen LogP contribution in [0, 0.1) is 24.1 Å². The van der Waals surface area contributed by atoms with E-state index in [0.29, 0.717) is 17.1 Å². The summed E-state index contributed by atoms with van der Waals surface area (Å²) in [6.45, 7) is 1.83. The van der Waals surface area contributed by atoms with E-state index in [-0.39, 0.29) is 5.82 Å². The number of aromatic nitrogens is 1. The maximum absolute atomic E-state index is 13.5. The summed E-state index contributed by atoms with van der Waals surface area (Å²) in [7, 11) is 0. The third-order valence-electron chi connectivity index (χ3n) is 2.28. The Morgan fingerprint density at radius 2 is 2.12 bits per heavy atom. The Hall–Kier alpha value is -2.41. The van der Waals surface area contributed by atoms with Gasteiger partial charge in [0, 0.05) is 6.20 Å². The van der Waals surface area contributed by atoms with E-state index >= 15 is 0 Å². The Morgan fingerprint density at radius 1 is 1.29 bits per heavy atom. The molecule has 0 fully saturated rings. The number of aryl methyl sites for hydroxylation is 1. The molecule has 84 valence electrons. The molecule has 0 aliphatic heterocycles. The van der Waals surface area contributed by atoms with Gasteiger partial charge in [0.2, 0.25) is 0 Å². The smallest absolute Gasteiger partial charge is 0.146 e. The molecule has 1 aromatic heterocycles. The second-order valence-electron chi connectivity index (χ2n) is 3.65. The van der Waals surface area contributed by atoms with Gasteiger partial charge < -0.3 is 5.32 Å². The van der Waals surface area contributed by atoms with Gasteiger partial charge >= 0.3 is 0 Å². The lowest BCUT2D eigenvalue weighted by molar-refractivity contribution is 0.630. The van der Waals surface area contributed by atoms with Crippen LogP contribution in [0.25, 0.3) is 0 Å². The predicted octanol–water partition coefficient (Wildman–Crippen LogP) is 3.14. The molecule has 0 aliphatic carbocycles. The number of nitrogens with one attached hydrogen (secondary N) is 1. The van der Waals surface area contributed by atoms with Crippen molar-refractivity contribution in [2.24, 2.45) is 0 Å². The average Bonchev–Trinajstić information content (AvgIpc) is 2.34. The van der Waals surface area contributed by atoms with Crippen LogP contribution in [0.1, 0.15) is 11.1 Å². The zero-order valence-electron chi connectivity index (χ0n) is 9.24. The van der Waals surface area contributed by atoms with Crippen LogP contribution in [0.3, 0.4) is 0 Å². The van der Waals surface area contributed by atoms with Gasteiger partial charge in [0.1, 0.15) is 17.7 Å². The van der Waals surface area contributed by atoms with Gasteiger partial charge in [-0.1, -0.05) is 6.07 Å². The normalized spacial score (nSPS) is 9.71.